The highest BCUT2D eigenvalue weighted by atomic mass is 16.5. The number of nitrogens with zero attached hydrogens (tertiary/aromatic N) is 5. The minimum Gasteiger partial charge on any atom is -0.380 e. The number of nitriles is 1. The molecule has 5 rings (SSSR count). The van der Waals surface area contributed by atoms with Crippen molar-refractivity contribution < 1.29 is 23.8 Å². The minimum atomic E-state index is -0.406. The van der Waals surface area contributed by atoms with Gasteiger partial charge in [-0.25, -0.2) is 14.8 Å². The fraction of sp³-hybridized carbons (Fsp3) is 0.536. The van der Waals surface area contributed by atoms with Crippen molar-refractivity contribution in [2.24, 2.45) is 0 Å². The first-order valence-corrected chi connectivity index (χ1v) is 13.6. The van der Waals surface area contributed by atoms with Crippen molar-refractivity contribution >= 4 is 29.6 Å². The Morgan fingerprint density at radius 3 is 2.80 bits per heavy atom. The molecule has 12 nitrogen and oxygen atoms in total. The summed E-state index contributed by atoms with van der Waals surface area (Å²) >= 11 is 0. The molecule has 3 aliphatic rings. The Balaban J connectivity index is 1.34. The summed E-state index contributed by atoms with van der Waals surface area (Å²) in [5.41, 5.74) is 2.99. The van der Waals surface area contributed by atoms with Crippen molar-refractivity contribution in [1.82, 2.24) is 14.9 Å². The van der Waals surface area contributed by atoms with Crippen LogP contribution in [-0.2, 0) is 27.2 Å². The summed E-state index contributed by atoms with van der Waals surface area (Å²) in [4.78, 5) is 38.2. The Hall–Kier alpha value is -3.63. The number of urea groups is 1. The number of amides is 2. The quantitative estimate of drug-likeness (QED) is 0.472. The van der Waals surface area contributed by atoms with Gasteiger partial charge in [0, 0.05) is 52.2 Å². The highest BCUT2D eigenvalue weighted by Gasteiger charge is 2.33. The van der Waals surface area contributed by atoms with E-state index in [4.69, 9.17) is 14.2 Å². The highest BCUT2D eigenvalue weighted by molar-refractivity contribution is 6.01. The molecule has 4 atom stereocenters. The summed E-state index contributed by atoms with van der Waals surface area (Å²) in [6, 6.07) is 5.46. The molecule has 40 heavy (non-hydrogen) atoms. The zero-order valence-electron chi connectivity index (χ0n) is 23.1. The second-order valence-corrected chi connectivity index (χ2v) is 10.4. The average molecular weight is 550 g/mol. The molecule has 12 heteroatoms. The van der Waals surface area contributed by atoms with E-state index in [0.29, 0.717) is 49.1 Å². The lowest BCUT2D eigenvalue weighted by Gasteiger charge is -2.30. The number of anilines is 3. The van der Waals surface area contributed by atoms with Crippen LogP contribution in [0.1, 0.15) is 46.9 Å². The van der Waals surface area contributed by atoms with E-state index in [0.717, 1.165) is 43.2 Å². The number of pyridine rings is 2. The van der Waals surface area contributed by atoms with Crippen LogP contribution in [0.3, 0.4) is 0 Å². The smallest absolute Gasteiger partial charge is 0.328 e. The molecule has 2 unspecified atom stereocenters. The SMILES string of the molecule is COC1CCN(Cc2cc3c(nc2C=O)N(C(=O)Nc2cc(N[C@@H]4COC[C@H]4OC)c(C#N)cn2)CCC3)C1C. The number of carbonyl (C=O) groups is 2. The van der Waals surface area contributed by atoms with Gasteiger partial charge in [-0.05, 0) is 43.4 Å². The molecule has 0 spiro atoms. The Morgan fingerprint density at radius 1 is 1.25 bits per heavy atom. The maximum Gasteiger partial charge on any atom is 0.328 e. The summed E-state index contributed by atoms with van der Waals surface area (Å²) in [6.45, 7) is 4.98. The number of hydrogen-bond donors (Lipinski definition) is 2. The third kappa shape index (κ3) is 5.64. The summed E-state index contributed by atoms with van der Waals surface area (Å²) in [5, 5.41) is 15.7. The number of likely N-dealkylation sites (tertiary alicyclic amines) is 1. The first-order chi connectivity index (χ1) is 19.4. The number of methoxy groups -OCH3 is 2. The number of aryl methyl sites for hydroxylation is 1. The van der Waals surface area contributed by atoms with E-state index in [2.05, 4.69) is 38.5 Å². The molecule has 2 saturated heterocycles. The summed E-state index contributed by atoms with van der Waals surface area (Å²) in [5.74, 6) is 0.770. The standard InChI is InChI=1S/C28H35N7O5/c1-17-24(38-2)6-8-34(17)13-19-9-18-5-4-7-35(27(18)32-22(19)14-36)28(37)33-26-10-21(20(11-29)12-30-26)31-23-15-40-16-25(23)39-3/h9-10,12,14,17,23-25H,4-8,13,15-16H2,1-3H3,(H2,30,31,33,37)/t17?,23-,24?,25-/m1/s1. The molecule has 2 fully saturated rings. The second-order valence-electron chi connectivity index (χ2n) is 10.4. The molecule has 2 aromatic rings. The van der Waals surface area contributed by atoms with Gasteiger partial charge in [0.2, 0.25) is 0 Å². The maximum atomic E-state index is 13.4. The van der Waals surface area contributed by atoms with Gasteiger partial charge in [-0.2, -0.15) is 5.26 Å². The first-order valence-electron chi connectivity index (χ1n) is 13.6. The zero-order chi connectivity index (χ0) is 28.2. The molecular weight excluding hydrogens is 514 g/mol. The fourth-order valence-electron chi connectivity index (χ4n) is 5.72. The molecule has 5 heterocycles. The van der Waals surface area contributed by atoms with E-state index >= 15 is 0 Å². The van der Waals surface area contributed by atoms with Gasteiger partial charge in [0.1, 0.15) is 29.5 Å². The highest BCUT2D eigenvalue weighted by Crippen LogP contribution is 2.30. The summed E-state index contributed by atoms with van der Waals surface area (Å²) < 4.78 is 16.5. The molecule has 0 saturated carbocycles. The number of aldehydes is 1. The maximum absolute atomic E-state index is 13.4. The van der Waals surface area contributed by atoms with Crippen LogP contribution in [0.5, 0.6) is 0 Å². The molecule has 212 valence electrons. The second kappa shape index (κ2) is 12.3. The van der Waals surface area contributed by atoms with Gasteiger partial charge in [-0.15, -0.1) is 0 Å². The normalized spacial score (nSPS) is 24.4. The third-order valence-corrected chi connectivity index (χ3v) is 8.05. The summed E-state index contributed by atoms with van der Waals surface area (Å²) in [7, 11) is 3.35. The van der Waals surface area contributed by atoms with Crippen molar-refractivity contribution in [2.75, 3.05) is 56.1 Å². The van der Waals surface area contributed by atoms with E-state index in [1.54, 1.807) is 25.2 Å². The lowest BCUT2D eigenvalue weighted by molar-refractivity contribution is 0.0712. The van der Waals surface area contributed by atoms with Crippen LogP contribution in [0.15, 0.2) is 18.3 Å². The van der Waals surface area contributed by atoms with Crippen molar-refractivity contribution in [2.45, 2.75) is 57.0 Å². The van der Waals surface area contributed by atoms with Crippen LogP contribution in [0.25, 0.3) is 0 Å². The van der Waals surface area contributed by atoms with E-state index in [1.807, 2.05) is 6.07 Å². The zero-order valence-corrected chi connectivity index (χ0v) is 23.1. The van der Waals surface area contributed by atoms with Gasteiger partial charge >= 0.3 is 6.03 Å². The molecule has 0 bridgehead atoms. The number of fused-ring (bicyclic) bond motifs is 1. The largest absolute Gasteiger partial charge is 0.380 e. The van der Waals surface area contributed by atoms with Gasteiger partial charge in [0.15, 0.2) is 6.29 Å². The first kappa shape index (κ1) is 27.9. The van der Waals surface area contributed by atoms with Crippen LogP contribution in [0.2, 0.25) is 0 Å². The van der Waals surface area contributed by atoms with Crippen molar-refractivity contribution in [3.05, 3.63) is 40.7 Å². The van der Waals surface area contributed by atoms with Crippen molar-refractivity contribution in [1.29, 1.82) is 5.26 Å². The predicted octanol–water partition coefficient (Wildman–Crippen LogP) is 2.58. The van der Waals surface area contributed by atoms with E-state index in [9.17, 15) is 14.9 Å². The summed E-state index contributed by atoms with van der Waals surface area (Å²) in [6.07, 6.45) is 4.67. The van der Waals surface area contributed by atoms with Gasteiger partial charge in [-0.3, -0.25) is 19.9 Å². The number of hydrogen-bond acceptors (Lipinski definition) is 10. The third-order valence-electron chi connectivity index (χ3n) is 8.05. The van der Waals surface area contributed by atoms with Crippen LogP contribution >= 0.6 is 0 Å². The number of aromatic nitrogens is 2. The molecule has 0 radical (unpaired) electrons. The number of ether oxygens (including phenoxy) is 3. The molecule has 2 amide bonds. The fourth-order valence-corrected chi connectivity index (χ4v) is 5.72. The Bertz CT molecular complexity index is 1300. The van der Waals surface area contributed by atoms with Crippen molar-refractivity contribution in [3.8, 4) is 6.07 Å². The van der Waals surface area contributed by atoms with Crippen molar-refractivity contribution in [3.63, 3.8) is 0 Å². The van der Waals surface area contributed by atoms with Gasteiger partial charge < -0.3 is 19.5 Å². The van der Waals surface area contributed by atoms with E-state index < -0.39 is 6.03 Å². The lowest BCUT2D eigenvalue weighted by atomic mass is 10.0. The molecule has 3 aliphatic heterocycles. The van der Waals surface area contributed by atoms with Crippen LogP contribution in [0.4, 0.5) is 22.1 Å². The number of nitrogens with one attached hydrogen (secondary N) is 2. The van der Waals surface area contributed by atoms with Gasteiger partial charge in [0.05, 0.1) is 36.6 Å². The molecule has 0 aliphatic carbocycles. The molecule has 2 N–H and O–H groups in total. The number of rotatable bonds is 8. The van der Waals surface area contributed by atoms with Gasteiger partial charge in [0.25, 0.3) is 0 Å². The Morgan fingerprint density at radius 2 is 2.08 bits per heavy atom. The average Bonchev–Trinajstić information content (AvgIpc) is 3.57. The monoisotopic (exact) mass is 549 g/mol. The predicted molar refractivity (Wildman–Crippen MR) is 148 cm³/mol. The molecular formula is C28H35N7O5. The minimum absolute atomic E-state index is 0.138. The van der Waals surface area contributed by atoms with E-state index in [1.165, 1.54) is 6.20 Å². The number of carbonyl (C=O) groups excluding carboxylic acids is 2. The Kier molecular flexibility index (Phi) is 8.56. The topological polar surface area (TPSA) is 142 Å². The molecule has 0 aromatic carbocycles. The van der Waals surface area contributed by atoms with Crippen LogP contribution < -0.4 is 15.5 Å². The van der Waals surface area contributed by atoms with Gasteiger partial charge in [-0.1, -0.05) is 0 Å². The van der Waals surface area contributed by atoms with Crippen LogP contribution in [-0.4, -0.2) is 92.0 Å². The van der Waals surface area contributed by atoms with E-state index in [-0.39, 0.29) is 30.1 Å². The van der Waals surface area contributed by atoms with Crippen LogP contribution in [0, 0.1) is 11.3 Å². The lowest BCUT2D eigenvalue weighted by Crippen LogP contribution is -2.40. The Labute approximate surface area is 233 Å². The molecule has 2 aromatic heterocycles.